The number of pyridine rings is 1. The van der Waals surface area contributed by atoms with Crippen LogP contribution in [0.15, 0.2) is 72.9 Å². The van der Waals surface area contributed by atoms with Gasteiger partial charge in [0.1, 0.15) is 18.1 Å². The Balaban J connectivity index is 1.80. The first-order chi connectivity index (χ1) is 15.1. The minimum Gasteiger partial charge on any atom is -0.486 e. The lowest BCUT2D eigenvalue weighted by Crippen LogP contribution is -2.09. The number of carbonyl (C=O) groups excluding carboxylic acids is 1. The Morgan fingerprint density at radius 1 is 0.839 bits per heavy atom. The molecule has 0 bridgehead atoms. The Labute approximate surface area is 181 Å². The van der Waals surface area contributed by atoms with Gasteiger partial charge >= 0.3 is 5.97 Å². The van der Waals surface area contributed by atoms with Gasteiger partial charge in [-0.15, -0.1) is 0 Å². The Morgan fingerprint density at radius 2 is 1.55 bits per heavy atom. The molecule has 0 radical (unpaired) electrons. The van der Waals surface area contributed by atoms with Gasteiger partial charge in [-0.2, -0.15) is 0 Å². The highest BCUT2D eigenvalue weighted by Crippen LogP contribution is 2.38. The van der Waals surface area contributed by atoms with Crippen molar-refractivity contribution >= 4 is 16.7 Å². The third-order valence-corrected chi connectivity index (χ3v) is 5.07. The summed E-state index contributed by atoms with van der Waals surface area (Å²) < 4.78 is 17.3. The van der Waals surface area contributed by atoms with Gasteiger partial charge in [-0.25, -0.2) is 9.78 Å². The monoisotopic (exact) mass is 413 g/mol. The van der Waals surface area contributed by atoms with Crippen LogP contribution in [0, 0.1) is 13.8 Å². The number of nitrogens with zero attached hydrogens (tertiary/aromatic N) is 1. The summed E-state index contributed by atoms with van der Waals surface area (Å²) in [6.45, 7) is 4.32. The Kier molecular flexibility index (Phi) is 5.85. The van der Waals surface area contributed by atoms with Gasteiger partial charge in [-0.3, -0.25) is 0 Å². The summed E-state index contributed by atoms with van der Waals surface area (Å²) in [6, 6.07) is 21.4. The van der Waals surface area contributed by atoms with Crippen molar-refractivity contribution in [2.24, 2.45) is 0 Å². The molecule has 4 aromatic rings. The normalized spacial score (nSPS) is 10.7. The van der Waals surface area contributed by atoms with E-state index in [9.17, 15) is 4.79 Å². The molecule has 4 rings (SSSR count). The number of aromatic nitrogens is 1. The average Bonchev–Trinajstić information content (AvgIpc) is 2.80. The topological polar surface area (TPSA) is 57.7 Å². The van der Waals surface area contributed by atoms with Crippen molar-refractivity contribution in [1.82, 2.24) is 4.98 Å². The summed E-state index contributed by atoms with van der Waals surface area (Å²) >= 11 is 0. The number of hydrogen-bond acceptors (Lipinski definition) is 5. The van der Waals surface area contributed by atoms with E-state index < -0.39 is 5.97 Å². The third kappa shape index (κ3) is 4.21. The fraction of sp³-hybridized carbons (Fsp3) is 0.154. The zero-order valence-corrected chi connectivity index (χ0v) is 17.7. The van der Waals surface area contributed by atoms with Gasteiger partial charge in [-0.1, -0.05) is 60.7 Å². The van der Waals surface area contributed by atoms with Gasteiger partial charge in [0, 0.05) is 17.0 Å². The first-order valence-corrected chi connectivity index (χ1v) is 9.99. The maximum Gasteiger partial charge on any atom is 0.360 e. The number of methoxy groups -OCH3 is 1. The van der Waals surface area contributed by atoms with Crippen molar-refractivity contribution in [3.05, 3.63) is 95.3 Å². The van der Waals surface area contributed by atoms with Crippen molar-refractivity contribution in [3.8, 4) is 17.2 Å². The zero-order chi connectivity index (χ0) is 21.8. The Morgan fingerprint density at radius 3 is 2.26 bits per heavy atom. The number of fused-ring (bicyclic) bond motifs is 1. The molecule has 0 aliphatic carbocycles. The van der Waals surface area contributed by atoms with Crippen LogP contribution in [0.4, 0.5) is 0 Å². The lowest BCUT2D eigenvalue weighted by atomic mass is 10.1. The van der Waals surface area contributed by atoms with Crippen LogP contribution in [0.3, 0.4) is 0 Å². The molecule has 0 spiro atoms. The smallest absolute Gasteiger partial charge is 0.360 e. The summed E-state index contributed by atoms with van der Waals surface area (Å²) in [6.07, 6.45) is 1.62. The molecule has 0 fully saturated rings. The maximum atomic E-state index is 12.4. The van der Waals surface area contributed by atoms with Crippen molar-refractivity contribution in [2.45, 2.75) is 20.5 Å². The van der Waals surface area contributed by atoms with E-state index in [0.29, 0.717) is 18.1 Å². The summed E-state index contributed by atoms with van der Waals surface area (Å²) in [4.78, 5) is 16.7. The first kappa shape index (κ1) is 20.4. The zero-order valence-electron chi connectivity index (χ0n) is 17.7. The van der Waals surface area contributed by atoms with E-state index in [2.05, 4.69) is 4.98 Å². The fourth-order valence-electron chi connectivity index (χ4n) is 3.47. The summed E-state index contributed by atoms with van der Waals surface area (Å²) in [7, 11) is 1.33. The molecular formula is C26H23NO4. The van der Waals surface area contributed by atoms with Crippen LogP contribution < -0.4 is 9.47 Å². The van der Waals surface area contributed by atoms with Crippen molar-refractivity contribution in [2.75, 3.05) is 7.11 Å². The highest BCUT2D eigenvalue weighted by Gasteiger charge is 2.20. The van der Waals surface area contributed by atoms with Crippen molar-refractivity contribution < 1.29 is 19.0 Å². The summed E-state index contributed by atoms with van der Waals surface area (Å²) in [5.74, 6) is 1.27. The molecule has 0 aliphatic heterocycles. The number of ether oxygens (including phenoxy) is 3. The molecular weight excluding hydrogens is 390 g/mol. The third-order valence-electron chi connectivity index (χ3n) is 5.07. The van der Waals surface area contributed by atoms with Crippen LogP contribution in [-0.4, -0.2) is 18.1 Å². The van der Waals surface area contributed by atoms with Gasteiger partial charge in [0.25, 0.3) is 0 Å². The quantitative estimate of drug-likeness (QED) is 0.362. The molecule has 0 atom stereocenters. The van der Waals surface area contributed by atoms with Crippen LogP contribution in [0.1, 0.15) is 27.2 Å². The molecule has 31 heavy (non-hydrogen) atoms. The van der Waals surface area contributed by atoms with Crippen LogP contribution in [0.5, 0.6) is 17.2 Å². The maximum absolute atomic E-state index is 12.4. The number of esters is 1. The lowest BCUT2D eigenvalue weighted by molar-refractivity contribution is 0.0588. The molecule has 1 aromatic heterocycles. The largest absolute Gasteiger partial charge is 0.486 e. The van der Waals surface area contributed by atoms with Crippen LogP contribution in [-0.2, 0) is 11.3 Å². The highest BCUT2D eigenvalue weighted by molar-refractivity contribution is 6.01. The molecule has 0 saturated carbocycles. The summed E-state index contributed by atoms with van der Waals surface area (Å²) in [5.41, 5.74) is 3.20. The van der Waals surface area contributed by atoms with E-state index in [4.69, 9.17) is 14.2 Å². The second kappa shape index (κ2) is 8.88. The number of benzene rings is 3. The molecule has 5 nitrogen and oxygen atoms in total. The number of para-hydroxylation sites is 1. The van der Waals surface area contributed by atoms with E-state index in [-0.39, 0.29) is 5.69 Å². The van der Waals surface area contributed by atoms with Crippen LogP contribution in [0.2, 0.25) is 0 Å². The Hall–Kier alpha value is -3.86. The van der Waals surface area contributed by atoms with E-state index in [1.807, 2.05) is 80.6 Å². The van der Waals surface area contributed by atoms with Gasteiger partial charge in [0.05, 0.1) is 7.11 Å². The predicted molar refractivity (Wildman–Crippen MR) is 120 cm³/mol. The standard InChI is InChI=1S/C26H23NO4/c1-17-9-7-10-18(2)24(17)31-22-14-8-13-20-21(22)15-27-23(26(28)29-3)25(20)30-16-19-11-5-4-6-12-19/h4-15H,16H2,1-3H3. The number of rotatable bonds is 6. The second-order valence-corrected chi connectivity index (χ2v) is 7.24. The lowest BCUT2D eigenvalue weighted by Gasteiger charge is -2.16. The molecule has 5 heteroatoms. The second-order valence-electron chi connectivity index (χ2n) is 7.24. The molecule has 0 N–H and O–H groups in total. The van der Waals surface area contributed by atoms with Gasteiger partial charge < -0.3 is 14.2 Å². The van der Waals surface area contributed by atoms with E-state index in [0.717, 1.165) is 33.2 Å². The molecule has 3 aromatic carbocycles. The molecule has 0 amide bonds. The van der Waals surface area contributed by atoms with E-state index >= 15 is 0 Å². The van der Waals surface area contributed by atoms with Crippen LogP contribution >= 0.6 is 0 Å². The molecule has 0 unspecified atom stereocenters. The number of carbonyl (C=O) groups is 1. The van der Waals surface area contributed by atoms with Gasteiger partial charge in [0.15, 0.2) is 11.4 Å². The molecule has 156 valence electrons. The first-order valence-electron chi connectivity index (χ1n) is 9.99. The van der Waals surface area contributed by atoms with E-state index in [1.54, 1.807) is 6.20 Å². The number of hydrogen-bond donors (Lipinski definition) is 0. The SMILES string of the molecule is COC(=O)c1ncc2c(Oc3c(C)cccc3C)cccc2c1OCc1ccccc1. The average molecular weight is 413 g/mol. The Bertz CT molecular complexity index is 1210. The van der Waals surface area contributed by atoms with Gasteiger partial charge in [-0.05, 0) is 36.6 Å². The highest BCUT2D eigenvalue weighted by atomic mass is 16.5. The minimum absolute atomic E-state index is 0.134. The summed E-state index contributed by atoms with van der Waals surface area (Å²) in [5, 5.41) is 1.48. The molecule has 0 aliphatic rings. The minimum atomic E-state index is -0.550. The number of aryl methyl sites for hydroxylation is 2. The van der Waals surface area contributed by atoms with E-state index in [1.165, 1.54) is 7.11 Å². The van der Waals surface area contributed by atoms with Gasteiger partial charge in [0.2, 0.25) is 0 Å². The fourth-order valence-corrected chi connectivity index (χ4v) is 3.47. The molecule has 0 saturated heterocycles. The predicted octanol–water partition coefficient (Wildman–Crippen LogP) is 6.01. The van der Waals surface area contributed by atoms with Crippen molar-refractivity contribution in [1.29, 1.82) is 0 Å². The van der Waals surface area contributed by atoms with Crippen molar-refractivity contribution in [3.63, 3.8) is 0 Å². The van der Waals surface area contributed by atoms with Crippen LogP contribution in [0.25, 0.3) is 10.8 Å². The molecule has 1 heterocycles.